The van der Waals surface area contributed by atoms with E-state index in [1.54, 1.807) is 6.07 Å². The van der Waals surface area contributed by atoms with Gasteiger partial charge in [0.05, 0.1) is 19.1 Å². The fourth-order valence-corrected chi connectivity index (χ4v) is 3.00. The standard InChI is InChI=1S/C13H21NO4S/c1-9(5-6-14)10-7-11(17-2)12(18-3)8-13(10)19(4,15)16/h7-9H,5-6,14H2,1-4H3. The van der Waals surface area contributed by atoms with Gasteiger partial charge in [-0.15, -0.1) is 0 Å². The zero-order valence-electron chi connectivity index (χ0n) is 11.8. The smallest absolute Gasteiger partial charge is 0.175 e. The van der Waals surface area contributed by atoms with Gasteiger partial charge in [0, 0.05) is 12.3 Å². The highest BCUT2D eigenvalue weighted by molar-refractivity contribution is 7.90. The summed E-state index contributed by atoms with van der Waals surface area (Å²) in [5.74, 6) is 0.968. The number of nitrogens with two attached hydrogens (primary N) is 1. The minimum absolute atomic E-state index is 0.0366. The molecule has 1 atom stereocenters. The Morgan fingerprint density at radius 1 is 1.21 bits per heavy atom. The van der Waals surface area contributed by atoms with Crippen molar-refractivity contribution in [2.75, 3.05) is 27.0 Å². The molecule has 1 rings (SSSR count). The molecule has 1 aromatic rings. The Kier molecular flexibility index (Phi) is 5.20. The molecule has 0 radical (unpaired) electrons. The lowest BCUT2D eigenvalue weighted by Crippen LogP contribution is -2.10. The van der Waals surface area contributed by atoms with Crippen molar-refractivity contribution in [1.82, 2.24) is 0 Å². The maximum atomic E-state index is 11.9. The Hall–Kier alpha value is -1.27. The van der Waals surface area contributed by atoms with Gasteiger partial charge in [-0.05, 0) is 30.5 Å². The van der Waals surface area contributed by atoms with Crippen LogP contribution in [-0.4, -0.2) is 35.4 Å². The quantitative estimate of drug-likeness (QED) is 0.859. The van der Waals surface area contributed by atoms with E-state index in [0.29, 0.717) is 30.0 Å². The van der Waals surface area contributed by atoms with Gasteiger partial charge in [-0.3, -0.25) is 0 Å². The lowest BCUT2D eigenvalue weighted by Gasteiger charge is -2.18. The molecule has 5 nitrogen and oxygen atoms in total. The Morgan fingerprint density at radius 2 is 1.74 bits per heavy atom. The number of sulfone groups is 1. The second kappa shape index (κ2) is 6.25. The third-order valence-electron chi connectivity index (χ3n) is 3.05. The molecule has 0 spiro atoms. The predicted octanol–water partition coefficient (Wildman–Crippen LogP) is 1.56. The summed E-state index contributed by atoms with van der Waals surface area (Å²) in [6, 6.07) is 3.23. The number of hydrogen-bond acceptors (Lipinski definition) is 5. The molecule has 0 saturated carbocycles. The van der Waals surface area contributed by atoms with E-state index in [-0.39, 0.29) is 10.8 Å². The molecule has 0 aliphatic rings. The van der Waals surface area contributed by atoms with E-state index in [1.807, 2.05) is 6.92 Å². The largest absolute Gasteiger partial charge is 0.493 e. The van der Waals surface area contributed by atoms with Gasteiger partial charge in [0.25, 0.3) is 0 Å². The number of hydrogen-bond donors (Lipinski definition) is 1. The van der Waals surface area contributed by atoms with Crippen LogP contribution in [0.2, 0.25) is 0 Å². The van der Waals surface area contributed by atoms with Crippen molar-refractivity contribution in [1.29, 1.82) is 0 Å². The third-order valence-corrected chi connectivity index (χ3v) is 4.20. The first kappa shape index (κ1) is 15.8. The summed E-state index contributed by atoms with van der Waals surface area (Å²) in [7, 11) is -0.329. The van der Waals surface area contributed by atoms with Gasteiger partial charge in [-0.2, -0.15) is 0 Å². The molecule has 0 bridgehead atoms. The van der Waals surface area contributed by atoms with Gasteiger partial charge >= 0.3 is 0 Å². The molecule has 0 heterocycles. The second-order valence-electron chi connectivity index (χ2n) is 4.50. The molecular weight excluding hydrogens is 266 g/mol. The first-order valence-electron chi connectivity index (χ1n) is 6.01. The molecule has 0 aromatic heterocycles. The van der Waals surface area contributed by atoms with Crippen molar-refractivity contribution in [2.24, 2.45) is 5.73 Å². The number of methoxy groups -OCH3 is 2. The highest BCUT2D eigenvalue weighted by Crippen LogP contribution is 2.36. The normalized spacial score (nSPS) is 13.1. The van der Waals surface area contributed by atoms with Gasteiger partial charge in [-0.1, -0.05) is 6.92 Å². The van der Waals surface area contributed by atoms with E-state index in [2.05, 4.69) is 0 Å². The van der Waals surface area contributed by atoms with Crippen molar-refractivity contribution in [3.63, 3.8) is 0 Å². The third kappa shape index (κ3) is 3.61. The minimum atomic E-state index is -3.33. The monoisotopic (exact) mass is 287 g/mol. The molecule has 0 aliphatic heterocycles. The Morgan fingerprint density at radius 3 is 2.16 bits per heavy atom. The van der Waals surface area contributed by atoms with Crippen molar-refractivity contribution < 1.29 is 17.9 Å². The summed E-state index contributed by atoms with van der Waals surface area (Å²) in [4.78, 5) is 0.270. The zero-order chi connectivity index (χ0) is 14.6. The summed E-state index contributed by atoms with van der Waals surface area (Å²) in [6.07, 6.45) is 1.89. The van der Waals surface area contributed by atoms with Crippen LogP contribution in [0.3, 0.4) is 0 Å². The van der Waals surface area contributed by atoms with Crippen LogP contribution in [-0.2, 0) is 9.84 Å². The lowest BCUT2D eigenvalue weighted by atomic mass is 9.97. The Labute approximate surface area is 114 Å². The van der Waals surface area contributed by atoms with Crippen LogP contribution in [0.5, 0.6) is 11.5 Å². The molecule has 19 heavy (non-hydrogen) atoms. The van der Waals surface area contributed by atoms with E-state index in [1.165, 1.54) is 26.5 Å². The highest BCUT2D eigenvalue weighted by Gasteiger charge is 2.21. The molecule has 2 N–H and O–H groups in total. The van der Waals surface area contributed by atoms with Crippen LogP contribution in [0.25, 0.3) is 0 Å². The topological polar surface area (TPSA) is 78.6 Å². The minimum Gasteiger partial charge on any atom is -0.493 e. The molecule has 0 amide bonds. The van der Waals surface area contributed by atoms with Crippen LogP contribution in [0.1, 0.15) is 24.8 Å². The van der Waals surface area contributed by atoms with E-state index in [0.717, 1.165) is 0 Å². The summed E-state index contributed by atoms with van der Waals surface area (Å²) in [5, 5.41) is 0. The van der Waals surface area contributed by atoms with Gasteiger partial charge < -0.3 is 15.2 Å². The summed E-state index contributed by atoms with van der Waals surface area (Å²) in [6.45, 7) is 2.45. The van der Waals surface area contributed by atoms with E-state index < -0.39 is 9.84 Å². The van der Waals surface area contributed by atoms with Crippen LogP contribution in [0, 0.1) is 0 Å². The number of benzene rings is 1. The van der Waals surface area contributed by atoms with Crippen molar-refractivity contribution in [2.45, 2.75) is 24.2 Å². The maximum Gasteiger partial charge on any atom is 0.175 e. The predicted molar refractivity (Wildman–Crippen MR) is 74.7 cm³/mol. The van der Waals surface area contributed by atoms with Crippen LogP contribution in [0.4, 0.5) is 0 Å². The number of rotatable bonds is 6. The van der Waals surface area contributed by atoms with E-state index >= 15 is 0 Å². The summed E-state index contributed by atoms with van der Waals surface area (Å²) in [5.41, 5.74) is 6.26. The molecule has 0 fully saturated rings. The molecule has 0 saturated heterocycles. The van der Waals surface area contributed by atoms with Crippen LogP contribution in [0.15, 0.2) is 17.0 Å². The average Bonchev–Trinajstić information content (AvgIpc) is 2.36. The highest BCUT2D eigenvalue weighted by atomic mass is 32.2. The molecule has 1 unspecified atom stereocenters. The van der Waals surface area contributed by atoms with Crippen molar-refractivity contribution >= 4 is 9.84 Å². The van der Waals surface area contributed by atoms with E-state index in [9.17, 15) is 8.42 Å². The average molecular weight is 287 g/mol. The zero-order valence-corrected chi connectivity index (χ0v) is 12.6. The van der Waals surface area contributed by atoms with Crippen molar-refractivity contribution in [3.8, 4) is 11.5 Å². The summed E-state index contributed by atoms with van der Waals surface area (Å²) < 4.78 is 34.2. The fraction of sp³-hybridized carbons (Fsp3) is 0.538. The molecule has 0 aliphatic carbocycles. The molecule has 108 valence electrons. The molecule has 1 aromatic carbocycles. The Bertz CT molecular complexity index is 540. The van der Waals surface area contributed by atoms with E-state index in [4.69, 9.17) is 15.2 Å². The lowest BCUT2D eigenvalue weighted by molar-refractivity contribution is 0.353. The van der Waals surface area contributed by atoms with Gasteiger partial charge in [-0.25, -0.2) is 8.42 Å². The van der Waals surface area contributed by atoms with Gasteiger partial charge in [0.2, 0.25) is 0 Å². The molecular formula is C13H21NO4S. The summed E-state index contributed by atoms with van der Waals surface area (Å²) >= 11 is 0. The fourth-order valence-electron chi connectivity index (χ4n) is 1.99. The van der Waals surface area contributed by atoms with Crippen molar-refractivity contribution in [3.05, 3.63) is 17.7 Å². The van der Waals surface area contributed by atoms with Gasteiger partial charge in [0.15, 0.2) is 21.3 Å². The SMILES string of the molecule is COc1cc(C(C)CCN)c(S(C)(=O)=O)cc1OC. The first-order chi connectivity index (χ1) is 8.85. The van der Waals surface area contributed by atoms with Crippen LogP contribution >= 0.6 is 0 Å². The Balaban J connectivity index is 3.49. The second-order valence-corrected chi connectivity index (χ2v) is 6.48. The van der Waals surface area contributed by atoms with Crippen LogP contribution < -0.4 is 15.2 Å². The first-order valence-corrected chi connectivity index (χ1v) is 7.90. The molecule has 6 heteroatoms. The van der Waals surface area contributed by atoms with Gasteiger partial charge in [0.1, 0.15) is 0 Å². The maximum absolute atomic E-state index is 11.9. The number of ether oxygens (including phenoxy) is 2.